The van der Waals surface area contributed by atoms with Gasteiger partial charge in [0.25, 0.3) is 0 Å². The second kappa shape index (κ2) is 6.30. The molecule has 23 heavy (non-hydrogen) atoms. The fourth-order valence-corrected chi connectivity index (χ4v) is 3.00. The van der Waals surface area contributed by atoms with Crippen LogP contribution in [0.5, 0.6) is 5.75 Å². The van der Waals surface area contributed by atoms with Crippen LogP contribution in [0.3, 0.4) is 0 Å². The molecule has 0 N–H and O–H groups in total. The van der Waals surface area contributed by atoms with Gasteiger partial charge in [0.15, 0.2) is 0 Å². The van der Waals surface area contributed by atoms with E-state index in [1.807, 2.05) is 18.0 Å². The molecule has 0 aliphatic carbocycles. The molecule has 120 valence electrons. The second-order valence-electron chi connectivity index (χ2n) is 5.41. The van der Waals surface area contributed by atoms with E-state index in [1.54, 1.807) is 31.4 Å². The van der Waals surface area contributed by atoms with E-state index < -0.39 is 0 Å². The van der Waals surface area contributed by atoms with E-state index in [-0.39, 0.29) is 5.63 Å². The molecule has 3 rings (SSSR count). The maximum absolute atomic E-state index is 12.2. The monoisotopic (exact) mass is 351 g/mol. The summed E-state index contributed by atoms with van der Waals surface area (Å²) >= 11 is 12.0. The van der Waals surface area contributed by atoms with E-state index in [9.17, 15) is 4.79 Å². The van der Waals surface area contributed by atoms with Crippen LogP contribution in [-0.2, 0) is 0 Å². The zero-order chi connectivity index (χ0) is 16.6. The lowest BCUT2D eigenvalue weighted by atomic mass is 9.99. The molecule has 0 amide bonds. The minimum atomic E-state index is -0.358. The van der Waals surface area contributed by atoms with Crippen LogP contribution in [0.15, 0.2) is 39.7 Å². The van der Waals surface area contributed by atoms with Gasteiger partial charge in [-0.15, -0.1) is 0 Å². The minimum Gasteiger partial charge on any atom is -0.463 e. The Morgan fingerprint density at radius 3 is 2.83 bits per heavy atom. The highest BCUT2D eigenvalue weighted by Gasteiger charge is 2.23. The summed E-state index contributed by atoms with van der Waals surface area (Å²) < 4.78 is 10.9. The van der Waals surface area contributed by atoms with Gasteiger partial charge < -0.3 is 14.1 Å². The van der Waals surface area contributed by atoms with Gasteiger partial charge >= 0.3 is 5.63 Å². The molecule has 1 aliphatic rings. The number of fused-ring (bicyclic) bond motifs is 1. The van der Waals surface area contributed by atoms with Crippen LogP contribution in [0, 0.1) is 6.92 Å². The van der Waals surface area contributed by atoms with E-state index in [0.29, 0.717) is 33.5 Å². The number of ether oxygens (including phenoxy) is 1. The summed E-state index contributed by atoms with van der Waals surface area (Å²) in [6.45, 7) is 2.55. The summed E-state index contributed by atoms with van der Waals surface area (Å²) in [5, 5.41) is 0.953. The molecule has 0 atom stereocenters. The van der Waals surface area contributed by atoms with Crippen LogP contribution in [0.1, 0.15) is 17.7 Å². The molecule has 1 aliphatic heterocycles. The summed E-state index contributed by atoms with van der Waals surface area (Å²) in [4.78, 5) is 14.3. The van der Waals surface area contributed by atoms with Crippen molar-refractivity contribution in [3.63, 3.8) is 0 Å². The van der Waals surface area contributed by atoms with E-state index in [0.717, 1.165) is 17.8 Å². The van der Waals surface area contributed by atoms with Gasteiger partial charge in [-0.2, -0.15) is 0 Å². The van der Waals surface area contributed by atoms with E-state index in [2.05, 4.69) is 0 Å². The average molecular weight is 352 g/mol. The SMILES string of the molecule is Cc1cc2c(c(=O)o1)/C(=C/Oc1ccc(Cl)cc1Cl)CCN2C. The van der Waals surface area contributed by atoms with Gasteiger partial charge in [-0.25, -0.2) is 4.79 Å². The van der Waals surface area contributed by atoms with Crippen molar-refractivity contribution < 1.29 is 9.15 Å². The Hall–Kier alpha value is -1.91. The Labute approximate surface area is 143 Å². The predicted octanol–water partition coefficient (Wildman–Crippen LogP) is 4.51. The van der Waals surface area contributed by atoms with E-state index in [4.69, 9.17) is 32.4 Å². The van der Waals surface area contributed by atoms with Crippen LogP contribution < -0.4 is 15.3 Å². The molecular weight excluding hydrogens is 337 g/mol. The van der Waals surface area contributed by atoms with Gasteiger partial charge in [0.1, 0.15) is 11.5 Å². The summed E-state index contributed by atoms with van der Waals surface area (Å²) in [5.41, 5.74) is 1.82. The zero-order valence-electron chi connectivity index (χ0n) is 12.7. The fourth-order valence-electron chi connectivity index (χ4n) is 2.55. The summed E-state index contributed by atoms with van der Waals surface area (Å²) in [6, 6.07) is 6.85. The Bertz CT molecular complexity index is 842. The van der Waals surface area contributed by atoms with Crippen LogP contribution in [-0.4, -0.2) is 13.6 Å². The summed E-state index contributed by atoms with van der Waals surface area (Å²) in [5.74, 6) is 1.07. The first-order valence-corrected chi connectivity index (χ1v) is 7.88. The molecule has 2 aromatic rings. The highest BCUT2D eigenvalue weighted by molar-refractivity contribution is 6.35. The average Bonchev–Trinajstić information content (AvgIpc) is 2.48. The third-order valence-electron chi connectivity index (χ3n) is 3.72. The van der Waals surface area contributed by atoms with Crippen molar-refractivity contribution in [1.82, 2.24) is 0 Å². The molecular formula is C17H15Cl2NO3. The molecule has 0 spiro atoms. The van der Waals surface area contributed by atoms with Crippen molar-refractivity contribution in [3.8, 4) is 5.75 Å². The van der Waals surface area contributed by atoms with Crippen LogP contribution >= 0.6 is 23.2 Å². The van der Waals surface area contributed by atoms with Crippen molar-refractivity contribution in [2.24, 2.45) is 0 Å². The molecule has 0 fully saturated rings. The second-order valence-corrected chi connectivity index (χ2v) is 6.26. The Morgan fingerprint density at radius 1 is 1.30 bits per heavy atom. The number of anilines is 1. The first kappa shape index (κ1) is 16.0. The van der Waals surface area contributed by atoms with Crippen molar-refractivity contribution in [2.75, 3.05) is 18.5 Å². The van der Waals surface area contributed by atoms with Crippen LogP contribution in [0.25, 0.3) is 5.57 Å². The van der Waals surface area contributed by atoms with E-state index in [1.165, 1.54) is 0 Å². The lowest BCUT2D eigenvalue weighted by Gasteiger charge is -2.28. The molecule has 6 heteroatoms. The molecule has 4 nitrogen and oxygen atoms in total. The number of aryl methyl sites for hydroxylation is 1. The zero-order valence-corrected chi connectivity index (χ0v) is 14.2. The van der Waals surface area contributed by atoms with Crippen LogP contribution in [0.2, 0.25) is 10.0 Å². The molecule has 0 bridgehead atoms. The third kappa shape index (κ3) is 3.23. The Morgan fingerprint density at radius 2 is 2.09 bits per heavy atom. The smallest absolute Gasteiger partial charge is 0.345 e. The quantitative estimate of drug-likeness (QED) is 0.746. The standard InChI is InChI=1S/C17H15Cl2NO3/c1-10-7-14-16(17(21)23-10)11(5-6-20(14)2)9-22-15-4-3-12(18)8-13(15)19/h3-4,7-9H,5-6H2,1-2H3/b11-9+. The topological polar surface area (TPSA) is 42.7 Å². The molecule has 2 heterocycles. The van der Waals surface area contributed by atoms with Gasteiger partial charge in [0.2, 0.25) is 0 Å². The summed E-state index contributed by atoms with van der Waals surface area (Å²) in [7, 11) is 1.95. The number of benzene rings is 1. The van der Waals surface area contributed by atoms with Gasteiger partial charge in [0, 0.05) is 30.3 Å². The maximum Gasteiger partial charge on any atom is 0.345 e. The Kier molecular flexibility index (Phi) is 4.37. The van der Waals surface area contributed by atoms with Crippen molar-refractivity contribution in [3.05, 3.63) is 62.3 Å². The third-order valence-corrected chi connectivity index (χ3v) is 4.26. The number of hydrogen-bond donors (Lipinski definition) is 0. The van der Waals surface area contributed by atoms with Crippen molar-refractivity contribution >= 4 is 34.5 Å². The first-order chi connectivity index (χ1) is 11.0. The molecule has 0 radical (unpaired) electrons. The molecule has 0 saturated carbocycles. The number of hydrogen-bond acceptors (Lipinski definition) is 4. The molecule has 1 aromatic heterocycles. The van der Waals surface area contributed by atoms with Crippen molar-refractivity contribution in [2.45, 2.75) is 13.3 Å². The molecule has 1 aromatic carbocycles. The van der Waals surface area contributed by atoms with E-state index >= 15 is 0 Å². The normalized spacial score (nSPS) is 15.7. The molecule has 0 unspecified atom stereocenters. The van der Waals surface area contributed by atoms with Gasteiger partial charge in [-0.1, -0.05) is 23.2 Å². The van der Waals surface area contributed by atoms with Crippen LogP contribution in [0.4, 0.5) is 5.69 Å². The predicted molar refractivity (Wildman–Crippen MR) is 92.7 cm³/mol. The molecule has 0 saturated heterocycles. The fraction of sp³-hybridized carbons (Fsp3) is 0.235. The summed E-state index contributed by atoms with van der Waals surface area (Å²) in [6.07, 6.45) is 2.25. The number of halogens is 2. The highest BCUT2D eigenvalue weighted by atomic mass is 35.5. The van der Waals surface area contributed by atoms with Gasteiger partial charge in [-0.3, -0.25) is 0 Å². The number of nitrogens with zero attached hydrogens (tertiary/aromatic N) is 1. The van der Waals surface area contributed by atoms with Gasteiger partial charge in [-0.05, 0) is 31.5 Å². The van der Waals surface area contributed by atoms with Gasteiger partial charge in [0.05, 0.1) is 22.5 Å². The lowest BCUT2D eigenvalue weighted by molar-refractivity contribution is 0.469. The largest absolute Gasteiger partial charge is 0.463 e. The highest BCUT2D eigenvalue weighted by Crippen LogP contribution is 2.33. The lowest BCUT2D eigenvalue weighted by Crippen LogP contribution is -2.28. The minimum absolute atomic E-state index is 0.358. The maximum atomic E-state index is 12.2. The first-order valence-electron chi connectivity index (χ1n) is 7.12. The van der Waals surface area contributed by atoms with Crippen molar-refractivity contribution in [1.29, 1.82) is 0 Å². The number of rotatable bonds is 2. The Balaban J connectivity index is 1.99.